The van der Waals surface area contributed by atoms with E-state index >= 15 is 0 Å². The van der Waals surface area contributed by atoms with Gasteiger partial charge in [0.05, 0.1) is 22.0 Å². The Balaban J connectivity index is 1.19. The second-order valence-corrected chi connectivity index (χ2v) is 17.5. The third-order valence-corrected chi connectivity index (χ3v) is 13.7. The van der Waals surface area contributed by atoms with E-state index in [1.807, 2.05) is 13.0 Å². The molecule has 0 aliphatic carbocycles. The van der Waals surface area contributed by atoms with Crippen molar-refractivity contribution in [1.29, 1.82) is 0 Å². The van der Waals surface area contributed by atoms with Crippen molar-refractivity contribution in [2.45, 2.75) is 17.8 Å². The summed E-state index contributed by atoms with van der Waals surface area (Å²) in [5.41, 5.74) is 12.4. The van der Waals surface area contributed by atoms with E-state index in [0.717, 1.165) is 77.8 Å². The highest BCUT2D eigenvalue weighted by Gasteiger charge is 2.40. The van der Waals surface area contributed by atoms with E-state index < -0.39 is 10.8 Å². The fourth-order valence-electron chi connectivity index (χ4n) is 10.7. The Morgan fingerprint density at radius 3 is 1.09 bits per heavy atom. The Morgan fingerprint density at radius 1 is 0.386 bits per heavy atom. The summed E-state index contributed by atoms with van der Waals surface area (Å²) < 4.78 is 2.13. The van der Waals surface area contributed by atoms with Gasteiger partial charge in [-0.05, 0) is 75.7 Å². The number of para-hydroxylation sites is 1. The normalized spacial score (nSPS) is 11.8. The minimum atomic E-state index is -0.670. The van der Waals surface area contributed by atoms with Gasteiger partial charge in [-0.15, -0.1) is 0 Å². The monoisotopic (exact) mass is 898 g/mol. The van der Waals surface area contributed by atoms with Crippen LogP contribution in [0.15, 0.2) is 267 Å². The summed E-state index contributed by atoms with van der Waals surface area (Å²) in [6.45, 7) is 6.38. The smallest absolute Gasteiger partial charge is 0.238 e. The van der Waals surface area contributed by atoms with Crippen molar-refractivity contribution < 1.29 is 0 Å². The summed E-state index contributed by atoms with van der Waals surface area (Å²) in [4.78, 5) is 16.4. The molecular weight excluding hydrogens is 849 g/mol. The van der Waals surface area contributed by atoms with Crippen LogP contribution in [0.3, 0.4) is 0 Å². The minimum absolute atomic E-state index is 0.499. The number of nitrogens with zero attached hydrogens (tertiary/aromatic N) is 4. The fourth-order valence-corrected chi connectivity index (χ4v) is 10.7. The molecule has 0 spiro atoms. The van der Waals surface area contributed by atoms with E-state index in [1.54, 1.807) is 0 Å². The molecular formula is C66H50N4. The third kappa shape index (κ3) is 7.47. The average molecular weight is 899 g/mol. The van der Waals surface area contributed by atoms with Crippen LogP contribution in [0.2, 0.25) is 0 Å². The van der Waals surface area contributed by atoms with Crippen molar-refractivity contribution in [3.05, 3.63) is 323 Å². The molecule has 0 fully saturated rings. The first-order valence-electron chi connectivity index (χ1n) is 23.8. The Kier molecular flexibility index (Phi) is 11.8. The number of hydrogen-bond acceptors (Lipinski definition) is 3. The molecule has 0 unspecified atom stereocenters. The second kappa shape index (κ2) is 19.0. The quantitative estimate of drug-likeness (QED) is 0.108. The van der Waals surface area contributed by atoms with Crippen LogP contribution in [0.1, 0.15) is 62.7 Å². The lowest BCUT2D eigenvalue weighted by Gasteiger charge is -2.37. The third-order valence-electron chi connectivity index (χ3n) is 13.7. The Bertz CT molecular complexity index is 3220. The zero-order valence-electron chi connectivity index (χ0n) is 39.0. The maximum absolute atomic E-state index is 5.49. The van der Waals surface area contributed by atoms with Gasteiger partial charge < -0.3 is 0 Å². The first-order chi connectivity index (χ1) is 34.6. The van der Waals surface area contributed by atoms with Gasteiger partial charge in [0.25, 0.3) is 0 Å². The molecule has 0 atom stereocenters. The molecule has 0 bridgehead atoms. The number of aromatic nitrogens is 4. The highest BCUT2D eigenvalue weighted by Crippen LogP contribution is 2.48. The van der Waals surface area contributed by atoms with Crippen molar-refractivity contribution in [2.75, 3.05) is 0 Å². The zero-order valence-corrected chi connectivity index (χ0v) is 39.0. The maximum Gasteiger partial charge on any atom is 0.238 e. The largest absolute Gasteiger partial charge is 0.278 e. The van der Waals surface area contributed by atoms with Gasteiger partial charge in [0.15, 0.2) is 11.6 Å². The average Bonchev–Trinajstić information content (AvgIpc) is 3.76. The number of allylic oxidation sites excluding steroid dienone is 1. The van der Waals surface area contributed by atoms with Crippen LogP contribution in [-0.4, -0.2) is 19.5 Å². The van der Waals surface area contributed by atoms with Crippen molar-refractivity contribution in [3.8, 4) is 28.7 Å². The van der Waals surface area contributed by atoms with Crippen LogP contribution < -0.4 is 0 Å². The highest BCUT2D eigenvalue weighted by molar-refractivity contribution is 5.95. The lowest BCUT2D eigenvalue weighted by molar-refractivity contribution is 0.745. The summed E-state index contributed by atoms with van der Waals surface area (Å²) in [6, 6.07) is 90.7. The van der Waals surface area contributed by atoms with E-state index in [9.17, 15) is 0 Å². The van der Waals surface area contributed by atoms with Gasteiger partial charge in [-0.1, -0.05) is 255 Å². The van der Waals surface area contributed by atoms with Crippen molar-refractivity contribution >= 4 is 23.1 Å². The predicted octanol–water partition coefficient (Wildman–Crippen LogP) is 15.6. The molecule has 0 saturated heterocycles. The van der Waals surface area contributed by atoms with Gasteiger partial charge in [-0.2, -0.15) is 9.97 Å². The first-order valence-corrected chi connectivity index (χ1v) is 23.8. The maximum atomic E-state index is 5.49. The van der Waals surface area contributed by atoms with Crippen molar-refractivity contribution in [2.24, 2.45) is 0 Å². The molecule has 4 nitrogen and oxygen atoms in total. The first kappa shape index (κ1) is 43.6. The molecule has 9 aromatic carbocycles. The molecule has 334 valence electrons. The standard InChI is InChI=1S/C66H50N4/c1-3-27-58-59-44-23-24-45-61(59)70(60(58)4-2)64-68-62(48-28-25-42-56(46-48)65(50-30-11-5-12-31-50,51-32-13-6-14-33-51)52-34-15-7-16-35-52)67-63(69-64)49-29-26-43-57(47-49)66(53-36-17-8-18-37-53,54-38-19-9-20-39-54)55-40-21-10-22-41-55/h3-47H,2H2,1H3/b27-3-. The Labute approximate surface area is 410 Å². The summed E-state index contributed by atoms with van der Waals surface area (Å²) in [5.74, 6) is 1.60. The van der Waals surface area contributed by atoms with Crippen LogP contribution in [0.25, 0.3) is 51.8 Å². The Morgan fingerprint density at radius 2 is 0.729 bits per heavy atom. The zero-order chi connectivity index (χ0) is 47.3. The Hall–Kier alpha value is -8.99. The van der Waals surface area contributed by atoms with Crippen LogP contribution in [-0.2, 0) is 10.8 Å². The summed E-state index contributed by atoms with van der Waals surface area (Å²) in [6.07, 6.45) is 6.11. The fraction of sp³-hybridized carbons (Fsp3) is 0.0455. The van der Waals surface area contributed by atoms with Gasteiger partial charge >= 0.3 is 0 Å². The van der Waals surface area contributed by atoms with Crippen LogP contribution in [0.5, 0.6) is 0 Å². The SMILES string of the molecule is C=Cc1c(/C=C\C)c2ccccc2n1-c1nc(-c2cccc(C(c3ccccc3)(c3ccccc3)c3ccccc3)c2)nc(-c2cccc(C(c3ccccc3)(c3ccccc3)c3ccccc3)c2)n1. The molecule has 2 heterocycles. The van der Waals surface area contributed by atoms with Gasteiger partial charge in [0, 0.05) is 22.1 Å². The van der Waals surface area contributed by atoms with E-state index in [4.69, 9.17) is 15.0 Å². The lowest BCUT2D eigenvalue weighted by Crippen LogP contribution is -2.31. The molecule has 11 rings (SSSR count). The molecule has 11 aromatic rings. The molecule has 70 heavy (non-hydrogen) atoms. The van der Waals surface area contributed by atoms with Crippen LogP contribution in [0.4, 0.5) is 0 Å². The number of rotatable bonds is 13. The van der Waals surface area contributed by atoms with E-state index in [-0.39, 0.29) is 0 Å². The van der Waals surface area contributed by atoms with E-state index in [0.29, 0.717) is 17.6 Å². The predicted molar refractivity (Wildman–Crippen MR) is 289 cm³/mol. The lowest BCUT2D eigenvalue weighted by atomic mass is 9.65. The van der Waals surface area contributed by atoms with Crippen LogP contribution in [0, 0.1) is 0 Å². The topological polar surface area (TPSA) is 43.6 Å². The second-order valence-electron chi connectivity index (χ2n) is 17.5. The summed E-state index contributed by atoms with van der Waals surface area (Å²) in [5, 5.41) is 1.08. The van der Waals surface area contributed by atoms with Crippen molar-refractivity contribution in [1.82, 2.24) is 19.5 Å². The van der Waals surface area contributed by atoms with E-state index in [1.165, 1.54) is 0 Å². The van der Waals surface area contributed by atoms with Crippen LogP contribution >= 0.6 is 0 Å². The molecule has 0 aliphatic heterocycles. The summed E-state index contributed by atoms with van der Waals surface area (Å²) in [7, 11) is 0. The van der Waals surface area contributed by atoms with Gasteiger partial charge in [0.1, 0.15) is 0 Å². The van der Waals surface area contributed by atoms with Gasteiger partial charge in [0.2, 0.25) is 5.95 Å². The molecule has 2 aromatic heterocycles. The van der Waals surface area contributed by atoms with Crippen molar-refractivity contribution in [3.63, 3.8) is 0 Å². The summed E-state index contributed by atoms with van der Waals surface area (Å²) >= 11 is 0. The van der Waals surface area contributed by atoms with Gasteiger partial charge in [-0.25, -0.2) is 4.98 Å². The number of hydrogen-bond donors (Lipinski definition) is 0. The van der Waals surface area contributed by atoms with E-state index in [2.05, 4.69) is 278 Å². The minimum Gasteiger partial charge on any atom is -0.278 e. The number of benzene rings is 9. The molecule has 0 aliphatic rings. The molecule has 0 radical (unpaired) electrons. The number of fused-ring (bicyclic) bond motifs is 1. The molecule has 0 saturated carbocycles. The highest BCUT2D eigenvalue weighted by atomic mass is 15.2. The van der Waals surface area contributed by atoms with Gasteiger partial charge in [-0.3, -0.25) is 4.57 Å². The molecule has 0 N–H and O–H groups in total. The molecule has 0 amide bonds. The molecule has 4 heteroatoms.